The maximum absolute atomic E-state index is 9.69. The number of fused-ring (bicyclic) bond motifs is 9. The number of aromatic nitrogens is 2. The SMILES string of the molecule is N#CC1=Nc2c3c(c4c(c2=[N+](C#N)C1)n1n4C(C#N)C1C#N)=[NH+]C(C#N)C(C#N)N3. The predicted molar refractivity (Wildman–Crippen MR) is 95.4 cm³/mol. The molecule has 3 aliphatic rings. The van der Waals surface area contributed by atoms with Gasteiger partial charge in [0.2, 0.25) is 0 Å². The van der Waals surface area contributed by atoms with Crippen molar-refractivity contribution in [2.75, 3.05) is 11.9 Å². The van der Waals surface area contributed by atoms with Gasteiger partial charge in [-0.1, -0.05) is 0 Å². The number of hydrogen-bond acceptors (Lipinski definition) is 8. The highest BCUT2D eigenvalue weighted by atomic mass is 15.5. The molecule has 0 saturated heterocycles. The van der Waals surface area contributed by atoms with Gasteiger partial charge in [0.05, 0.1) is 18.2 Å². The van der Waals surface area contributed by atoms with Crippen molar-refractivity contribution >= 4 is 28.1 Å². The van der Waals surface area contributed by atoms with Gasteiger partial charge in [0.15, 0.2) is 46.5 Å². The largest absolute Gasteiger partial charge is 0.459 e. The smallest absolute Gasteiger partial charge is 0.356 e. The number of hydrogen-bond donors (Lipinski definition) is 2. The van der Waals surface area contributed by atoms with Gasteiger partial charge in [-0.2, -0.15) is 30.9 Å². The van der Waals surface area contributed by atoms with Crippen LogP contribution in [0.1, 0.15) is 12.1 Å². The Balaban J connectivity index is 2.01. The summed E-state index contributed by atoms with van der Waals surface area (Å²) in [6.07, 6.45) is 2.04. The quantitative estimate of drug-likeness (QED) is 0.354. The molecule has 4 heterocycles. The molecule has 4 unspecified atom stereocenters. The van der Waals surface area contributed by atoms with Crippen molar-refractivity contribution < 1.29 is 4.99 Å². The number of nitrogens with zero attached hydrogens (tertiary/aromatic N) is 10. The standard InChI is InChI=1S/C18H6N12/c19-1-8-6-28(7-24)16-14(25-8)13-15(27-10(3-21)9(2-20)26-13)17-18(16)30-12(5-23)11(4-22)29(17)30/h9-12H,6H2/p+2. The van der Waals surface area contributed by atoms with E-state index >= 15 is 0 Å². The number of aliphatic imine (C=N–C) groups is 1. The fourth-order valence-electron chi connectivity index (χ4n) is 4.18. The monoisotopic (exact) mass is 392 g/mol. The van der Waals surface area contributed by atoms with Crippen LogP contribution in [0, 0.1) is 68.1 Å². The van der Waals surface area contributed by atoms with Gasteiger partial charge in [-0.15, -0.1) is 0 Å². The van der Waals surface area contributed by atoms with Gasteiger partial charge >= 0.3 is 6.19 Å². The first-order chi connectivity index (χ1) is 14.6. The van der Waals surface area contributed by atoms with Crippen LogP contribution in [0.25, 0.3) is 11.0 Å². The first-order valence-corrected chi connectivity index (χ1v) is 8.72. The predicted octanol–water partition coefficient (Wildman–Crippen LogP) is -2.92. The van der Waals surface area contributed by atoms with Crippen molar-refractivity contribution in [1.82, 2.24) is 13.9 Å². The van der Waals surface area contributed by atoms with Crippen LogP contribution in [0.5, 0.6) is 0 Å². The fraction of sp³-hybridized carbons (Fsp3) is 0.278. The Hall–Kier alpha value is -5.17. The molecule has 5 rings (SSSR count). The van der Waals surface area contributed by atoms with E-state index in [1.54, 1.807) is 9.36 Å². The Morgan fingerprint density at radius 1 is 0.967 bits per heavy atom. The zero-order valence-corrected chi connectivity index (χ0v) is 15.0. The molecule has 1 aromatic carbocycles. The van der Waals surface area contributed by atoms with E-state index in [1.807, 2.05) is 24.4 Å². The Kier molecular flexibility index (Phi) is 3.20. The van der Waals surface area contributed by atoms with Gasteiger partial charge < -0.3 is 5.32 Å². The zero-order chi connectivity index (χ0) is 21.2. The fourth-order valence-corrected chi connectivity index (χ4v) is 4.18. The molecule has 0 bridgehead atoms. The lowest BCUT2D eigenvalue weighted by Gasteiger charge is -2.42. The second-order valence-electron chi connectivity index (χ2n) is 6.84. The van der Waals surface area contributed by atoms with Crippen molar-refractivity contribution in [2.24, 2.45) is 4.99 Å². The van der Waals surface area contributed by atoms with E-state index in [2.05, 4.69) is 27.4 Å². The molecule has 12 nitrogen and oxygen atoms in total. The maximum atomic E-state index is 9.69. The van der Waals surface area contributed by atoms with Crippen LogP contribution in [-0.2, 0) is 0 Å². The molecule has 0 aliphatic carbocycles. The molecule has 0 fully saturated rings. The highest BCUT2D eigenvalue weighted by Crippen LogP contribution is 2.41. The molecule has 12 heteroatoms. The molecule has 0 saturated carbocycles. The summed E-state index contributed by atoms with van der Waals surface area (Å²) in [5.41, 5.74) is 1.81. The highest BCUT2D eigenvalue weighted by molar-refractivity contribution is 6.04. The second kappa shape index (κ2) is 5.66. The second-order valence-corrected chi connectivity index (χ2v) is 6.84. The molecular formula is C18H8N12+2. The molecule has 0 radical (unpaired) electrons. The molecule has 3 aliphatic heterocycles. The Morgan fingerprint density at radius 2 is 1.67 bits per heavy atom. The van der Waals surface area contributed by atoms with Crippen LogP contribution >= 0.6 is 0 Å². The summed E-state index contributed by atoms with van der Waals surface area (Å²) in [4.78, 5) is 7.41. The lowest BCUT2D eigenvalue weighted by molar-refractivity contribution is -0.528. The summed E-state index contributed by atoms with van der Waals surface area (Å²) in [6, 6.07) is 6.96. The van der Waals surface area contributed by atoms with E-state index in [-0.39, 0.29) is 17.9 Å². The van der Waals surface area contributed by atoms with E-state index in [0.717, 1.165) is 0 Å². The highest BCUT2D eigenvalue weighted by Gasteiger charge is 2.48. The number of anilines is 1. The van der Waals surface area contributed by atoms with Gasteiger partial charge in [0, 0.05) is 0 Å². The van der Waals surface area contributed by atoms with Crippen molar-refractivity contribution in [1.29, 1.82) is 31.6 Å². The van der Waals surface area contributed by atoms with Crippen LogP contribution in [-0.4, -0.2) is 33.7 Å². The van der Waals surface area contributed by atoms with Crippen LogP contribution in [0.4, 0.5) is 11.4 Å². The third-order valence-electron chi connectivity index (χ3n) is 5.46. The number of nitriles is 6. The molecule has 1 aromatic heterocycles. The molecule has 2 aromatic rings. The minimum atomic E-state index is -0.894. The lowest BCUT2D eigenvalue weighted by atomic mass is 9.99. The van der Waals surface area contributed by atoms with E-state index < -0.39 is 24.2 Å². The molecule has 138 valence electrons. The van der Waals surface area contributed by atoms with Gasteiger partial charge in [0.1, 0.15) is 29.0 Å². The first-order valence-electron chi connectivity index (χ1n) is 8.72. The van der Waals surface area contributed by atoms with Gasteiger partial charge in [-0.25, -0.2) is 9.98 Å². The molecule has 2 N–H and O–H groups in total. The molecule has 30 heavy (non-hydrogen) atoms. The van der Waals surface area contributed by atoms with Crippen molar-refractivity contribution in [3.05, 3.63) is 10.7 Å². The lowest BCUT2D eigenvalue weighted by Crippen LogP contribution is -2.88. The Bertz CT molecular complexity index is 1590. The van der Waals surface area contributed by atoms with Crippen LogP contribution in [0.15, 0.2) is 4.99 Å². The van der Waals surface area contributed by atoms with Crippen molar-refractivity contribution in [3.8, 4) is 36.5 Å². The minimum Gasteiger partial charge on any atom is -0.356 e. The Labute approximate surface area is 167 Å². The number of nitrogens with one attached hydrogen (secondary N) is 2. The molecule has 0 spiro atoms. The van der Waals surface area contributed by atoms with E-state index in [0.29, 0.717) is 27.4 Å². The molecule has 0 amide bonds. The van der Waals surface area contributed by atoms with Gasteiger partial charge in [-0.05, 0) is 0 Å². The van der Waals surface area contributed by atoms with Gasteiger partial charge in [0.25, 0.3) is 11.4 Å². The molecular weight excluding hydrogens is 384 g/mol. The summed E-state index contributed by atoms with van der Waals surface area (Å²) < 4.78 is 4.53. The topological polar surface area (TPSA) is 194 Å². The van der Waals surface area contributed by atoms with Gasteiger partial charge in [-0.3, -0.25) is 9.36 Å². The average molecular weight is 392 g/mol. The average Bonchev–Trinajstić information content (AvgIpc) is 2.77. The summed E-state index contributed by atoms with van der Waals surface area (Å²) in [6.45, 7) is -0.0338. The maximum Gasteiger partial charge on any atom is 0.459 e. The number of rotatable bonds is 0. The first kappa shape index (κ1) is 17.0. The number of benzene rings is 1. The van der Waals surface area contributed by atoms with Crippen molar-refractivity contribution in [2.45, 2.75) is 24.2 Å². The van der Waals surface area contributed by atoms with Crippen LogP contribution in [0.3, 0.4) is 0 Å². The summed E-state index contributed by atoms with van der Waals surface area (Å²) in [7, 11) is 0. The van der Waals surface area contributed by atoms with E-state index in [4.69, 9.17) is 0 Å². The minimum absolute atomic E-state index is 0.0338. The third kappa shape index (κ3) is 1.75. The summed E-state index contributed by atoms with van der Waals surface area (Å²) in [5.74, 6) is 0. The van der Waals surface area contributed by atoms with Crippen LogP contribution in [0.2, 0.25) is 0 Å². The van der Waals surface area contributed by atoms with E-state index in [1.165, 1.54) is 4.58 Å². The van der Waals surface area contributed by atoms with E-state index in [9.17, 15) is 31.6 Å². The van der Waals surface area contributed by atoms with Crippen LogP contribution < -0.4 is 25.6 Å². The summed E-state index contributed by atoms with van der Waals surface area (Å²) in [5, 5.41) is 60.8. The van der Waals surface area contributed by atoms with Crippen molar-refractivity contribution in [3.63, 3.8) is 0 Å². The zero-order valence-electron chi connectivity index (χ0n) is 15.0. The Morgan fingerprint density at radius 3 is 2.23 bits per heavy atom. The summed E-state index contributed by atoms with van der Waals surface area (Å²) >= 11 is 0. The molecule has 4 atom stereocenters. The third-order valence-corrected chi connectivity index (χ3v) is 5.46. The normalized spacial score (nSPS) is 25.0.